The Balaban J connectivity index is 1.63. The van der Waals surface area contributed by atoms with Crippen LogP contribution in [0, 0.1) is 13.8 Å². The van der Waals surface area contributed by atoms with Crippen molar-refractivity contribution in [2.24, 2.45) is 0 Å². The number of nitrogens with zero attached hydrogens (tertiary/aromatic N) is 2. The lowest BCUT2D eigenvalue weighted by Gasteiger charge is -2.15. The molecule has 1 amide bonds. The molecule has 160 valence electrons. The van der Waals surface area contributed by atoms with Crippen molar-refractivity contribution in [1.29, 1.82) is 0 Å². The van der Waals surface area contributed by atoms with E-state index in [0.717, 1.165) is 34.7 Å². The SMILES string of the molecule is Cc1cc(C)cc(-n2c(SCC(=O)Nc3ccc(Cl)c(Cl)c3)nc3c(c2=O)SCC3)c1. The first kappa shape index (κ1) is 22.3. The molecule has 0 bridgehead atoms. The number of rotatable bonds is 5. The highest BCUT2D eigenvalue weighted by atomic mass is 35.5. The number of carbonyl (C=O) groups excluding carboxylic acids is 1. The van der Waals surface area contributed by atoms with E-state index in [0.29, 0.717) is 25.8 Å². The first-order valence-electron chi connectivity index (χ1n) is 9.57. The van der Waals surface area contributed by atoms with Crippen LogP contribution in [0.1, 0.15) is 16.8 Å². The van der Waals surface area contributed by atoms with Gasteiger partial charge in [0.2, 0.25) is 5.91 Å². The number of halogens is 2. The molecule has 31 heavy (non-hydrogen) atoms. The van der Waals surface area contributed by atoms with Crippen LogP contribution in [0.3, 0.4) is 0 Å². The van der Waals surface area contributed by atoms with Gasteiger partial charge in [-0.2, -0.15) is 0 Å². The first-order valence-corrected chi connectivity index (χ1v) is 12.3. The molecule has 2 heterocycles. The second kappa shape index (κ2) is 9.28. The summed E-state index contributed by atoms with van der Waals surface area (Å²) in [4.78, 5) is 31.2. The lowest BCUT2D eigenvalue weighted by Crippen LogP contribution is -2.25. The summed E-state index contributed by atoms with van der Waals surface area (Å²) in [6.07, 6.45) is 0.756. The summed E-state index contributed by atoms with van der Waals surface area (Å²) in [6.45, 7) is 3.99. The van der Waals surface area contributed by atoms with Gasteiger partial charge >= 0.3 is 0 Å². The summed E-state index contributed by atoms with van der Waals surface area (Å²) in [6, 6.07) is 10.9. The first-order chi connectivity index (χ1) is 14.8. The smallest absolute Gasteiger partial charge is 0.272 e. The normalized spacial score (nSPS) is 12.6. The van der Waals surface area contributed by atoms with Crippen molar-refractivity contribution >= 4 is 58.3 Å². The number of anilines is 1. The van der Waals surface area contributed by atoms with E-state index in [9.17, 15) is 9.59 Å². The average molecular weight is 492 g/mol. The molecule has 0 fully saturated rings. The van der Waals surface area contributed by atoms with E-state index in [2.05, 4.69) is 11.4 Å². The molecule has 5 nitrogen and oxygen atoms in total. The fourth-order valence-corrected chi connectivity index (χ4v) is 5.55. The molecule has 2 aromatic carbocycles. The molecule has 0 atom stereocenters. The minimum absolute atomic E-state index is 0.0788. The van der Waals surface area contributed by atoms with E-state index in [4.69, 9.17) is 28.2 Å². The molecule has 3 aromatic rings. The topological polar surface area (TPSA) is 64.0 Å². The third-order valence-corrected chi connectivity index (χ3v) is 7.45. The number of hydrogen-bond acceptors (Lipinski definition) is 5. The quantitative estimate of drug-likeness (QED) is 0.375. The summed E-state index contributed by atoms with van der Waals surface area (Å²) >= 11 is 14.7. The number of aryl methyl sites for hydroxylation is 3. The number of carbonyl (C=O) groups is 1. The maximum Gasteiger partial charge on any atom is 0.272 e. The van der Waals surface area contributed by atoms with Crippen LogP contribution in [0.4, 0.5) is 5.69 Å². The minimum atomic E-state index is -0.223. The summed E-state index contributed by atoms with van der Waals surface area (Å²) in [7, 11) is 0. The number of aromatic nitrogens is 2. The average Bonchev–Trinajstić information content (AvgIpc) is 3.17. The predicted molar refractivity (Wildman–Crippen MR) is 130 cm³/mol. The molecular formula is C22H19Cl2N3O2S2. The van der Waals surface area contributed by atoms with Crippen LogP contribution in [0.25, 0.3) is 5.69 Å². The fraction of sp³-hybridized carbons (Fsp3) is 0.227. The summed E-state index contributed by atoms with van der Waals surface area (Å²) in [5.74, 6) is 0.722. The van der Waals surface area contributed by atoms with Crippen molar-refractivity contribution in [3.8, 4) is 5.69 Å². The second-order valence-corrected chi connectivity index (χ2v) is 10.1. The molecule has 0 aliphatic carbocycles. The molecule has 0 unspecified atom stereocenters. The van der Waals surface area contributed by atoms with Crippen molar-refractivity contribution in [2.45, 2.75) is 30.3 Å². The van der Waals surface area contributed by atoms with Gasteiger partial charge in [-0.05, 0) is 55.3 Å². The zero-order valence-corrected chi connectivity index (χ0v) is 20.0. The Morgan fingerprint density at radius 2 is 1.90 bits per heavy atom. The second-order valence-electron chi connectivity index (χ2n) is 7.22. The van der Waals surface area contributed by atoms with Gasteiger partial charge in [-0.1, -0.05) is 41.0 Å². The van der Waals surface area contributed by atoms with Crippen LogP contribution < -0.4 is 10.9 Å². The van der Waals surface area contributed by atoms with Crippen LogP contribution >= 0.6 is 46.7 Å². The Labute approximate surface area is 198 Å². The summed E-state index contributed by atoms with van der Waals surface area (Å²) in [5.41, 5.74) is 4.17. The lowest BCUT2D eigenvalue weighted by molar-refractivity contribution is -0.113. The van der Waals surface area contributed by atoms with Crippen molar-refractivity contribution in [2.75, 3.05) is 16.8 Å². The van der Waals surface area contributed by atoms with Gasteiger partial charge in [0.1, 0.15) is 0 Å². The maximum absolute atomic E-state index is 13.3. The van der Waals surface area contributed by atoms with Crippen molar-refractivity contribution in [1.82, 2.24) is 9.55 Å². The number of hydrogen-bond donors (Lipinski definition) is 1. The van der Waals surface area contributed by atoms with Gasteiger partial charge in [-0.15, -0.1) is 11.8 Å². The molecule has 0 radical (unpaired) electrons. The Hall–Kier alpha value is -1.93. The van der Waals surface area contributed by atoms with Gasteiger partial charge in [0.25, 0.3) is 5.56 Å². The van der Waals surface area contributed by atoms with Gasteiger partial charge in [-0.3, -0.25) is 14.2 Å². The Bertz CT molecular complexity index is 1220. The maximum atomic E-state index is 13.3. The van der Waals surface area contributed by atoms with E-state index in [1.807, 2.05) is 26.0 Å². The highest BCUT2D eigenvalue weighted by Gasteiger charge is 2.23. The Morgan fingerprint density at radius 3 is 2.61 bits per heavy atom. The third-order valence-electron chi connectivity index (χ3n) is 4.67. The zero-order chi connectivity index (χ0) is 22.1. The van der Waals surface area contributed by atoms with Gasteiger partial charge in [0.15, 0.2) is 5.16 Å². The highest BCUT2D eigenvalue weighted by molar-refractivity contribution is 8.00. The van der Waals surface area contributed by atoms with E-state index in [1.165, 1.54) is 11.8 Å². The molecule has 9 heteroatoms. The van der Waals surface area contributed by atoms with Crippen molar-refractivity contribution in [3.63, 3.8) is 0 Å². The number of amides is 1. The van der Waals surface area contributed by atoms with Crippen LogP contribution in [-0.2, 0) is 11.2 Å². The van der Waals surface area contributed by atoms with Gasteiger partial charge in [0, 0.05) is 17.9 Å². The van der Waals surface area contributed by atoms with Crippen molar-refractivity contribution < 1.29 is 4.79 Å². The van der Waals surface area contributed by atoms with E-state index < -0.39 is 0 Å². The van der Waals surface area contributed by atoms with Crippen LogP contribution in [0.5, 0.6) is 0 Å². The predicted octanol–water partition coefficient (Wildman–Crippen LogP) is 5.54. The van der Waals surface area contributed by atoms with Gasteiger partial charge in [-0.25, -0.2) is 4.98 Å². The largest absolute Gasteiger partial charge is 0.325 e. The third kappa shape index (κ3) is 4.95. The Morgan fingerprint density at radius 1 is 1.16 bits per heavy atom. The standard InChI is InChI=1S/C22H19Cl2N3O2S2/c1-12-7-13(2)9-15(8-12)27-21(29)20-18(5-6-30-20)26-22(27)31-11-19(28)25-14-3-4-16(23)17(24)10-14/h3-4,7-10H,5-6,11H2,1-2H3,(H,25,28). The highest BCUT2D eigenvalue weighted by Crippen LogP contribution is 2.30. The lowest BCUT2D eigenvalue weighted by atomic mass is 10.1. The number of benzene rings is 2. The molecule has 1 N–H and O–H groups in total. The van der Waals surface area contributed by atoms with Crippen molar-refractivity contribution in [3.05, 3.63) is 73.6 Å². The zero-order valence-electron chi connectivity index (χ0n) is 16.9. The molecule has 0 saturated carbocycles. The van der Waals surface area contributed by atoms with Gasteiger partial charge < -0.3 is 5.32 Å². The minimum Gasteiger partial charge on any atom is -0.325 e. The monoisotopic (exact) mass is 491 g/mol. The summed E-state index contributed by atoms with van der Waals surface area (Å²) < 4.78 is 1.62. The summed E-state index contributed by atoms with van der Waals surface area (Å²) in [5, 5.41) is 4.11. The fourth-order valence-electron chi connectivity index (χ4n) is 3.40. The van der Waals surface area contributed by atoms with Crippen LogP contribution in [-0.4, -0.2) is 27.0 Å². The van der Waals surface area contributed by atoms with Crippen LogP contribution in [0.15, 0.2) is 51.2 Å². The number of nitrogens with one attached hydrogen (secondary N) is 1. The number of fused-ring (bicyclic) bond motifs is 1. The number of thioether (sulfide) groups is 2. The molecule has 0 saturated heterocycles. The molecule has 1 aliphatic heterocycles. The molecule has 1 aromatic heterocycles. The Kier molecular flexibility index (Phi) is 6.67. The molecular weight excluding hydrogens is 473 g/mol. The molecule has 1 aliphatic rings. The van der Waals surface area contributed by atoms with E-state index >= 15 is 0 Å². The van der Waals surface area contributed by atoms with E-state index in [-0.39, 0.29) is 17.2 Å². The molecule has 4 rings (SSSR count). The van der Waals surface area contributed by atoms with Crippen LogP contribution in [0.2, 0.25) is 10.0 Å². The van der Waals surface area contributed by atoms with E-state index in [1.54, 1.807) is 34.5 Å². The van der Waals surface area contributed by atoms with Gasteiger partial charge in [0.05, 0.1) is 32.1 Å². The molecule has 0 spiro atoms.